The quantitative estimate of drug-likeness (QED) is 0.205. The van der Waals surface area contributed by atoms with Crippen molar-refractivity contribution in [2.24, 2.45) is 0 Å². The molecule has 2 aromatic heterocycles. The van der Waals surface area contributed by atoms with Crippen LogP contribution in [0.2, 0.25) is 5.28 Å². The van der Waals surface area contributed by atoms with Crippen molar-refractivity contribution in [3.8, 4) is 0 Å². The molecule has 37 heavy (non-hydrogen) atoms. The molecule has 0 radical (unpaired) electrons. The lowest BCUT2D eigenvalue weighted by Crippen LogP contribution is -2.53. The van der Waals surface area contributed by atoms with Crippen LogP contribution < -0.4 is 5.73 Å². The Balaban J connectivity index is 1.59. The number of aliphatic hydroxyl groups is 1. The van der Waals surface area contributed by atoms with Crippen LogP contribution in [-0.4, -0.2) is 78.9 Å². The molecule has 0 spiro atoms. The zero-order valence-electron chi connectivity index (χ0n) is 19.9. The molecule has 1 unspecified atom stereocenters. The van der Waals surface area contributed by atoms with Gasteiger partial charge in [-0.15, -0.1) is 0 Å². The van der Waals surface area contributed by atoms with Gasteiger partial charge in [0.05, 0.1) is 19.5 Å². The number of aliphatic carboxylic acids is 1. The second-order valence-corrected chi connectivity index (χ2v) is 8.87. The van der Waals surface area contributed by atoms with Gasteiger partial charge in [-0.2, -0.15) is 9.97 Å². The van der Waals surface area contributed by atoms with E-state index in [0.29, 0.717) is 5.56 Å². The Morgan fingerprint density at radius 3 is 2.65 bits per heavy atom. The zero-order valence-corrected chi connectivity index (χ0v) is 20.6. The number of imidazole rings is 1. The van der Waals surface area contributed by atoms with Crippen LogP contribution in [-0.2, 0) is 30.2 Å². The molecule has 0 bridgehead atoms. The number of carboxylic acids is 1. The summed E-state index contributed by atoms with van der Waals surface area (Å²) in [6.07, 6.45) is -5.65. The van der Waals surface area contributed by atoms with Crippen molar-refractivity contribution in [1.29, 1.82) is 0 Å². The summed E-state index contributed by atoms with van der Waals surface area (Å²) in [6.45, 7) is 2.65. The van der Waals surface area contributed by atoms with Crippen LogP contribution >= 0.6 is 11.6 Å². The second kappa shape index (κ2) is 10.5. The number of fused-ring (bicyclic) bond motifs is 1. The first-order valence-electron chi connectivity index (χ1n) is 11.3. The number of aromatic nitrogens is 4. The van der Waals surface area contributed by atoms with Gasteiger partial charge in [-0.25, -0.2) is 19.0 Å². The predicted octanol–water partition coefficient (Wildman–Crippen LogP) is 1.61. The van der Waals surface area contributed by atoms with E-state index in [-0.39, 0.29) is 35.3 Å². The highest BCUT2D eigenvalue weighted by atomic mass is 35.5. The predicted molar refractivity (Wildman–Crippen MR) is 127 cm³/mol. The van der Waals surface area contributed by atoms with Crippen molar-refractivity contribution < 1.29 is 38.4 Å². The lowest BCUT2D eigenvalue weighted by molar-refractivity contribution is -0.193. The average molecular weight is 538 g/mol. The summed E-state index contributed by atoms with van der Waals surface area (Å²) in [5, 5.41) is 20.4. The van der Waals surface area contributed by atoms with Crippen LogP contribution in [0.4, 0.5) is 10.2 Å². The number of halogens is 2. The Labute approximate surface area is 215 Å². The second-order valence-electron chi connectivity index (χ2n) is 8.53. The maximum atomic E-state index is 15.2. The summed E-state index contributed by atoms with van der Waals surface area (Å²) < 4.78 is 32.7. The van der Waals surface area contributed by atoms with Crippen molar-refractivity contribution >= 4 is 40.5 Å². The van der Waals surface area contributed by atoms with Crippen LogP contribution in [0, 0.1) is 6.92 Å². The number of carboxylic acid groups (broad SMARTS) is 1. The van der Waals surface area contributed by atoms with E-state index >= 15 is 4.39 Å². The molecule has 1 saturated heterocycles. The molecule has 0 aliphatic carbocycles. The van der Waals surface area contributed by atoms with Crippen LogP contribution in [0.25, 0.3) is 11.2 Å². The highest BCUT2D eigenvalue weighted by Gasteiger charge is 2.52. The normalized spacial score (nSPS) is 23.2. The van der Waals surface area contributed by atoms with E-state index < -0.39 is 48.8 Å². The number of anilines is 1. The van der Waals surface area contributed by atoms with Crippen LogP contribution in [0.3, 0.4) is 0 Å². The number of nitrogen functional groups attached to an aromatic ring is 1. The number of alkyl halides is 1. The highest BCUT2D eigenvalue weighted by Crippen LogP contribution is 2.35. The van der Waals surface area contributed by atoms with Gasteiger partial charge in [0.15, 0.2) is 23.9 Å². The van der Waals surface area contributed by atoms with E-state index in [2.05, 4.69) is 15.0 Å². The fraction of sp³-hybridized carbons (Fsp3) is 0.435. The number of aliphatic hydroxyl groups excluding tert-OH is 1. The number of nitrogens with zero attached hydrogens (tertiary/aromatic N) is 4. The molecule has 198 valence electrons. The van der Waals surface area contributed by atoms with Crippen molar-refractivity contribution in [3.63, 3.8) is 0 Å². The number of benzene rings is 1. The summed E-state index contributed by atoms with van der Waals surface area (Å²) in [4.78, 5) is 37.0. The Kier molecular flexibility index (Phi) is 7.59. The van der Waals surface area contributed by atoms with Crippen molar-refractivity contribution in [2.45, 2.75) is 50.5 Å². The molecule has 1 fully saturated rings. The van der Waals surface area contributed by atoms with E-state index in [1.165, 1.54) is 17.8 Å². The fourth-order valence-electron chi connectivity index (χ4n) is 4.03. The Hall–Kier alpha value is -3.39. The van der Waals surface area contributed by atoms with Crippen molar-refractivity contribution in [3.05, 3.63) is 47.0 Å². The Bertz CT molecular complexity index is 1310. The Morgan fingerprint density at radius 1 is 1.30 bits per heavy atom. The number of ether oxygens (including phenoxy) is 3. The molecule has 3 heterocycles. The maximum Gasteiger partial charge on any atom is 0.350 e. The molecule has 1 aliphatic heterocycles. The summed E-state index contributed by atoms with van der Waals surface area (Å²) >= 11 is 5.87. The molecule has 5 atom stereocenters. The molecular formula is C23H25ClFN5O7. The number of carbonyl (C=O) groups is 2. The molecule has 1 aliphatic rings. The lowest BCUT2D eigenvalue weighted by atomic mass is 9.93. The first kappa shape index (κ1) is 26.7. The largest absolute Gasteiger partial charge is 0.479 e. The van der Waals surface area contributed by atoms with Gasteiger partial charge in [0, 0.05) is 6.42 Å². The van der Waals surface area contributed by atoms with Gasteiger partial charge in [-0.1, -0.05) is 29.8 Å². The fourth-order valence-corrected chi connectivity index (χ4v) is 4.21. The van der Waals surface area contributed by atoms with Gasteiger partial charge in [0.1, 0.15) is 17.7 Å². The third-order valence-electron chi connectivity index (χ3n) is 6.01. The third-order valence-corrected chi connectivity index (χ3v) is 6.18. The zero-order chi connectivity index (χ0) is 26.9. The highest BCUT2D eigenvalue weighted by molar-refractivity contribution is 6.28. The molecule has 4 N–H and O–H groups in total. The topological polar surface area (TPSA) is 172 Å². The van der Waals surface area contributed by atoms with Crippen LogP contribution in [0.5, 0.6) is 0 Å². The summed E-state index contributed by atoms with van der Waals surface area (Å²) in [6, 6.07) is 6.83. The van der Waals surface area contributed by atoms with E-state index in [9.17, 15) is 19.8 Å². The lowest BCUT2D eigenvalue weighted by Gasteiger charge is -2.29. The van der Waals surface area contributed by atoms with Gasteiger partial charge >= 0.3 is 11.9 Å². The first-order chi connectivity index (χ1) is 17.6. The summed E-state index contributed by atoms with van der Waals surface area (Å²) in [7, 11) is 0. The molecule has 14 heteroatoms. The van der Waals surface area contributed by atoms with Gasteiger partial charge < -0.3 is 30.2 Å². The standard InChI is InChI=1S/C23H25ClFN5O7/c1-3-35-21(34)23(20(32)33,8-12-6-4-11(2)5-7-12)36-9-13-16(31)14(25)19(37-13)30-10-27-15-17(26)28-22(24)29-18(15)30/h4-7,10,13-14,16,19,31H,3,8-9H2,1-2H3,(H,32,33)(H2,26,28,29)/t13-,14+,16-,19-,23?/m1/s1. The molecule has 12 nitrogen and oxygen atoms in total. The first-order valence-corrected chi connectivity index (χ1v) is 11.7. The third kappa shape index (κ3) is 5.07. The molecule has 4 rings (SSSR count). The van der Waals surface area contributed by atoms with Crippen LogP contribution in [0.1, 0.15) is 24.3 Å². The minimum absolute atomic E-state index is 0.0284. The van der Waals surface area contributed by atoms with Gasteiger partial charge in [-0.3, -0.25) is 4.57 Å². The molecule has 0 saturated carbocycles. The minimum atomic E-state index is -2.46. The maximum absolute atomic E-state index is 15.2. The van der Waals surface area contributed by atoms with Gasteiger partial charge in [0.2, 0.25) is 5.28 Å². The molecule has 1 aromatic carbocycles. The minimum Gasteiger partial charge on any atom is -0.479 e. The van der Waals surface area contributed by atoms with E-state index in [0.717, 1.165) is 5.56 Å². The van der Waals surface area contributed by atoms with Gasteiger partial charge in [-0.05, 0) is 31.0 Å². The van der Waals surface area contributed by atoms with Crippen molar-refractivity contribution in [1.82, 2.24) is 19.5 Å². The van der Waals surface area contributed by atoms with E-state index in [4.69, 9.17) is 31.5 Å². The summed E-state index contributed by atoms with van der Waals surface area (Å²) in [5.41, 5.74) is 4.98. The number of hydrogen-bond acceptors (Lipinski definition) is 10. The molecular weight excluding hydrogens is 513 g/mol. The monoisotopic (exact) mass is 537 g/mol. The van der Waals surface area contributed by atoms with E-state index in [1.54, 1.807) is 24.3 Å². The van der Waals surface area contributed by atoms with Gasteiger partial charge in [0.25, 0.3) is 5.60 Å². The number of carbonyl (C=O) groups excluding carboxylic acids is 1. The average Bonchev–Trinajstić information content (AvgIpc) is 3.39. The molecule has 3 aromatic rings. The number of hydrogen-bond donors (Lipinski definition) is 3. The van der Waals surface area contributed by atoms with Crippen LogP contribution in [0.15, 0.2) is 30.6 Å². The van der Waals surface area contributed by atoms with Crippen molar-refractivity contribution in [2.75, 3.05) is 18.9 Å². The van der Waals surface area contributed by atoms with E-state index in [1.807, 2.05) is 6.92 Å². The summed E-state index contributed by atoms with van der Waals surface area (Å²) in [5.74, 6) is -2.76. The number of nitrogens with two attached hydrogens (primary N) is 1. The Morgan fingerprint density at radius 2 is 2.00 bits per heavy atom. The number of esters is 1. The number of rotatable bonds is 9. The molecule has 0 amide bonds. The smallest absolute Gasteiger partial charge is 0.350 e. The SMILES string of the molecule is CCOC(=O)C(Cc1ccc(C)cc1)(OC[C@H]1O[C@@H](n2cnc3c(N)nc(Cl)nc32)[C@@H](F)[C@@H]1O)C(=O)O. The number of aryl methyl sites for hydroxylation is 1.